The molecule has 1 atom stereocenters. The lowest BCUT2D eigenvalue weighted by atomic mass is 10.1. The smallest absolute Gasteiger partial charge is 0.265 e. The van der Waals surface area contributed by atoms with E-state index in [1.807, 2.05) is 30.3 Å². The Morgan fingerprint density at radius 3 is 2.41 bits per heavy atom. The van der Waals surface area contributed by atoms with Crippen LogP contribution in [0.1, 0.15) is 11.1 Å². The summed E-state index contributed by atoms with van der Waals surface area (Å²) >= 11 is 0. The minimum atomic E-state index is -1.64. The maximum absolute atomic E-state index is 12.9. The highest BCUT2D eigenvalue weighted by Gasteiger charge is 2.20. The second-order valence-electron chi connectivity index (χ2n) is 5.81. The van der Waals surface area contributed by atoms with Crippen LogP contribution in [-0.2, 0) is 17.4 Å². The molecule has 0 radical (unpaired) electrons. The molecule has 0 bridgehead atoms. The van der Waals surface area contributed by atoms with Gasteiger partial charge in [0.15, 0.2) is 11.0 Å². The standard InChI is InChI=1S/C19H21FN4O4S/c1-26-17-16(28-9-8-20)18(27-2)23-19(22-17)24-29(25)15-12-21-11-14(15)10-13-6-4-3-5-7-13/h3-7,11-12,21H,8-10H2,1-2H3,(H,22,23,24). The van der Waals surface area contributed by atoms with Gasteiger partial charge in [0.05, 0.1) is 19.1 Å². The van der Waals surface area contributed by atoms with Gasteiger partial charge in [-0.25, -0.2) is 8.60 Å². The molecule has 1 aromatic carbocycles. The molecule has 10 heteroatoms. The summed E-state index contributed by atoms with van der Waals surface area (Å²) in [4.78, 5) is 11.8. The first-order chi connectivity index (χ1) is 14.2. The van der Waals surface area contributed by atoms with E-state index < -0.39 is 17.7 Å². The van der Waals surface area contributed by atoms with E-state index in [1.54, 1.807) is 12.4 Å². The zero-order valence-corrected chi connectivity index (χ0v) is 16.8. The minimum absolute atomic E-state index is 0.0245. The van der Waals surface area contributed by atoms with Crippen LogP contribution in [0.4, 0.5) is 10.3 Å². The molecule has 29 heavy (non-hydrogen) atoms. The van der Waals surface area contributed by atoms with Crippen molar-refractivity contribution in [2.75, 3.05) is 32.2 Å². The number of benzene rings is 1. The number of ether oxygens (including phenoxy) is 3. The number of anilines is 1. The van der Waals surface area contributed by atoms with Gasteiger partial charge in [-0.05, 0) is 11.1 Å². The Bertz CT molecular complexity index is 943. The van der Waals surface area contributed by atoms with Crippen LogP contribution in [0, 0.1) is 0 Å². The molecule has 1 unspecified atom stereocenters. The molecule has 3 aromatic rings. The fourth-order valence-electron chi connectivity index (χ4n) is 2.64. The summed E-state index contributed by atoms with van der Waals surface area (Å²) in [6.45, 7) is -0.880. The van der Waals surface area contributed by atoms with Crippen LogP contribution < -0.4 is 18.9 Å². The van der Waals surface area contributed by atoms with E-state index in [0.717, 1.165) is 11.1 Å². The molecule has 0 fully saturated rings. The molecular formula is C19H21FN4O4S. The Kier molecular flexibility index (Phi) is 7.01. The average molecular weight is 420 g/mol. The lowest BCUT2D eigenvalue weighted by Gasteiger charge is -2.13. The number of rotatable bonds is 10. The summed E-state index contributed by atoms with van der Waals surface area (Å²) in [5.74, 6) is 0.193. The predicted molar refractivity (Wildman–Crippen MR) is 107 cm³/mol. The van der Waals surface area contributed by atoms with Crippen LogP contribution in [0.2, 0.25) is 0 Å². The van der Waals surface area contributed by atoms with Crippen molar-refractivity contribution >= 4 is 16.9 Å². The molecule has 3 rings (SSSR count). The molecule has 0 aliphatic carbocycles. The molecule has 0 aliphatic heterocycles. The van der Waals surface area contributed by atoms with Crippen LogP contribution in [0.3, 0.4) is 0 Å². The number of nitrogens with one attached hydrogen (secondary N) is 2. The first kappa shape index (κ1) is 20.6. The van der Waals surface area contributed by atoms with Crippen molar-refractivity contribution in [1.29, 1.82) is 0 Å². The number of hydrogen-bond donors (Lipinski definition) is 2. The Labute approximate surface area is 170 Å². The number of alkyl halides is 1. The average Bonchev–Trinajstić information content (AvgIpc) is 3.21. The summed E-state index contributed by atoms with van der Waals surface area (Å²) in [5.41, 5.74) is 1.98. The van der Waals surface area contributed by atoms with Crippen LogP contribution in [0.25, 0.3) is 0 Å². The van der Waals surface area contributed by atoms with Crippen LogP contribution in [-0.4, -0.2) is 46.7 Å². The number of aromatic nitrogens is 3. The van der Waals surface area contributed by atoms with Gasteiger partial charge in [0, 0.05) is 18.8 Å². The monoisotopic (exact) mass is 420 g/mol. The SMILES string of the molecule is COc1nc(NS(=O)c2c[nH]cc2Cc2ccccc2)nc(OC)c1OCCF. The Balaban J connectivity index is 1.81. The van der Waals surface area contributed by atoms with E-state index in [0.29, 0.717) is 11.3 Å². The molecule has 0 amide bonds. The second-order valence-corrected chi connectivity index (χ2v) is 6.99. The zero-order chi connectivity index (χ0) is 20.6. The zero-order valence-electron chi connectivity index (χ0n) is 16.0. The lowest BCUT2D eigenvalue weighted by molar-refractivity contribution is 0.240. The molecule has 0 saturated carbocycles. The number of H-pyrrole nitrogens is 1. The Morgan fingerprint density at radius 2 is 1.79 bits per heavy atom. The first-order valence-corrected chi connectivity index (χ1v) is 9.88. The van der Waals surface area contributed by atoms with Crippen LogP contribution in [0.5, 0.6) is 17.5 Å². The first-order valence-electron chi connectivity index (χ1n) is 8.73. The largest absolute Gasteiger partial charge is 0.481 e. The van der Waals surface area contributed by atoms with Crippen molar-refractivity contribution in [2.24, 2.45) is 0 Å². The Hall–Kier alpha value is -3.14. The third kappa shape index (κ3) is 5.02. The van der Waals surface area contributed by atoms with E-state index in [4.69, 9.17) is 14.2 Å². The number of aromatic amines is 1. The van der Waals surface area contributed by atoms with Gasteiger partial charge in [-0.1, -0.05) is 30.3 Å². The number of nitrogens with zero attached hydrogens (tertiary/aromatic N) is 2. The number of methoxy groups -OCH3 is 2. The van der Waals surface area contributed by atoms with Crippen LogP contribution >= 0.6 is 0 Å². The molecule has 0 aliphatic rings. The predicted octanol–water partition coefficient (Wildman–Crippen LogP) is 2.90. The van der Waals surface area contributed by atoms with Gasteiger partial charge >= 0.3 is 0 Å². The molecule has 0 spiro atoms. The van der Waals surface area contributed by atoms with Crippen molar-refractivity contribution in [3.05, 3.63) is 53.9 Å². The van der Waals surface area contributed by atoms with Crippen molar-refractivity contribution in [1.82, 2.24) is 15.0 Å². The number of halogens is 1. The molecule has 2 aromatic heterocycles. The van der Waals surface area contributed by atoms with Crippen molar-refractivity contribution in [3.8, 4) is 17.5 Å². The van der Waals surface area contributed by atoms with Crippen LogP contribution in [0.15, 0.2) is 47.6 Å². The lowest BCUT2D eigenvalue weighted by Crippen LogP contribution is -2.12. The molecule has 8 nitrogen and oxygen atoms in total. The van der Waals surface area contributed by atoms with E-state index >= 15 is 0 Å². The molecule has 2 N–H and O–H groups in total. The van der Waals surface area contributed by atoms with Gasteiger partial charge in [-0.15, -0.1) is 0 Å². The Morgan fingerprint density at radius 1 is 1.10 bits per heavy atom. The van der Waals surface area contributed by atoms with Crippen molar-refractivity contribution in [3.63, 3.8) is 0 Å². The second kappa shape index (κ2) is 9.87. The topological polar surface area (TPSA) is 98.4 Å². The van der Waals surface area contributed by atoms with E-state index in [2.05, 4.69) is 19.7 Å². The summed E-state index contributed by atoms with van der Waals surface area (Å²) in [6, 6.07) is 9.86. The highest BCUT2D eigenvalue weighted by molar-refractivity contribution is 7.86. The maximum Gasteiger partial charge on any atom is 0.265 e. The van der Waals surface area contributed by atoms with Gasteiger partial charge in [0.2, 0.25) is 11.7 Å². The molecule has 2 heterocycles. The van der Waals surface area contributed by atoms with E-state index in [1.165, 1.54) is 14.2 Å². The molecular weight excluding hydrogens is 399 g/mol. The van der Waals surface area contributed by atoms with Gasteiger partial charge in [0.25, 0.3) is 11.8 Å². The number of hydrogen-bond acceptors (Lipinski definition) is 6. The van der Waals surface area contributed by atoms with Crippen molar-refractivity contribution in [2.45, 2.75) is 11.3 Å². The molecule has 154 valence electrons. The van der Waals surface area contributed by atoms with Gasteiger partial charge in [-0.2, -0.15) is 9.97 Å². The van der Waals surface area contributed by atoms with Gasteiger partial charge in [0.1, 0.15) is 13.3 Å². The molecule has 0 saturated heterocycles. The fourth-order valence-corrected chi connectivity index (χ4v) is 3.55. The summed E-state index contributed by atoms with van der Waals surface area (Å²) in [5, 5.41) is 0. The summed E-state index contributed by atoms with van der Waals surface area (Å²) in [7, 11) is 1.13. The maximum atomic E-state index is 12.9. The quantitative estimate of drug-likeness (QED) is 0.523. The summed E-state index contributed by atoms with van der Waals surface area (Å²) < 4.78 is 43.7. The third-order valence-electron chi connectivity index (χ3n) is 3.92. The summed E-state index contributed by atoms with van der Waals surface area (Å²) in [6.07, 6.45) is 4.09. The normalized spacial score (nSPS) is 11.7. The highest BCUT2D eigenvalue weighted by atomic mass is 32.2. The highest BCUT2D eigenvalue weighted by Crippen LogP contribution is 2.35. The van der Waals surface area contributed by atoms with E-state index in [-0.39, 0.29) is 30.1 Å². The van der Waals surface area contributed by atoms with E-state index in [9.17, 15) is 8.60 Å². The van der Waals surface area contributed by atoms with Gasteiger partial charge in [-0.3, -0.25) is 4.72 Å². The third-order valence-corrected chi connectivity index (χ3v) is 5.07. The van der Waals surface area contributed by atoms with Gasteiger partial charge < -0.3 is 19.2 Å². The minimum Gasteiger partial charge on any atom is -0.481 e. The van der Waals surface area contributed by atoms with Crippen molar-refractivity contribution < 1.29 is 22.8 Å². The fraction of sp³-hybridized carbons (Fsp3) is 0.263.